The van der Waals surface area contributed by atoms with Gasteiger partial charge in [0.15, 0.2) is 11.5 Å². The van der Waals surface area contributed by atoms with Crippen molar-refractivity contribution in [1.82, 2.24) is 0 Å². The number of aliphatic carboxylic acids is 1. The van der Waals surface area contributed by atoms with Crippen molar-refractivity contribution in [2.45, 2.75) is 31.2 Å². The predicted octanol–water partition coefficient (Wildman–Crippen LogP) is -0.820. The Morgan fingerprint density at radius 3 is 2.37 bits per heavy atom. The van der Waals surface area contributed by atoms with Gasteiger partial charge in [-0.2, -0.15) is 0 Å². The number of allylic oxidation sites excluding steroid dienone is 1. The fourth-order valence-electron chi connectivity index (χ4n) is 4.56. The number of carbonyl (C=O) groups is 2. The second-order valence-electron chi connectivity index (χ2n) is 8.49. The van der Waals surface area contributed by atoms with Crippen LogP contribution in [0.2, 0.25) is 0 Å². The molecule has 3 unspecified atom stereocenters. The third-order valence-corrected chi connectivity index (χ3v) is 6.43. The molecule has 0 spiro atoms. The Balaban J connectivity index is 0.00000400. The molecule has 2 aliphatic rings. The molecule has 0 bridgehead atoms. The van der Waals surface area contributed by atoms with E-state index in [2.05, 4.69) is 12.1 Å². The molecule has 2 aromatic rings. The van der Waals surface area contributed by atoms with E-state index in [-0.39, 0.29) is 77.3 Å². The summed E-state index contributed by atoms with van der Waals surface area (Å²) in [6.45, 7) is -0.0184. The van der Waals surface area contributed by atoms with Crippen LogP contribution in [0.1, 0.15) is 28.8 Å². The second-order valence-corrected chi connectivity index (χ2v) is 8.49. The van der Waals surface area contributed by atoms with Gasteiger partial charge in [0.05, 0.1) is 19.2 Å². The van der Waals surface area contributed by atoms with Crippen molar-refractivity contribution in [2.75, 3.05) is 35.2 Å². The molecule has 1 aliphatic heterocycles. The molecule has 0 N–H and O–H groups in total. The van der Waals surface area contributed by atoms with Crippen LogP contribution < -0.4 is 48.9 Å². The zero-order valence-electron chi connectivity index (χ0n) is 22.0. The van der Waals surface area contributed by atoms with Crippen molar-refractivity contribution in [1.29, 1.82) is 0 Å². The number of rotatable bonds is 10. The Morgan fingerprint density at radius 1 is 1.03 bits per heavy atom. The smallest absolute Gasteiger partial charge is 0.545 e. The van der Waals surface area contributed by atoms with Crippen LogP contribution in [0.15, 0.2) is 47.6 Å². The molecule has 3 atom stereocenters. The average molecular weight is 531 g/mol. The molecule has 0 saturated heterocycles. The molecule has 0 saturated carbocycles. The van der Waals surface area contributed by atoms with Gasteiger partial charge in [-0.05, 0) is 43.2 Å². The zero-order chi connectivity index (χ0) is 26.5. The third kappa shape index (κ3) is 6.24. The fraction of sp³-hybridized carbons (Fsp3) is 0.357. The Morgan fingerprint density at radius 2 is 1.76 bits per heavy atom. The van der Waals surface area contributed by atoms with Gasteiger partial charge in [0.25, 0.3) is 0 Å². The fourth-order valence-corrected chi connectivity index (χ4v) is 4.56. The summed E-state index contributed by atoms with van der Waals surface area (Å²) in [6, 6.07) is 13.4. The van der Waals surface area contributed by atoms with Crippen LogP contribution in [-0.2, 0) is 19.0 Å². The van der Waals surface area contributed by atoms with E-state index in [4.69, 9.17) is 28.4 Å². The Kier molecular flexibility index (Phi) is 10.4. The van der Waals surface area contributed by atoms with Gasteiger partial charge in [-0.15, -0.1) is 0 Å². The number of ether oxygens (including phenoxy) is 6. The summed E-state index contributed by atoms with van der Waals surface area (Å²) in [7, 11) is 6.20. The molecule has 9 nitrogen and oxygen atoms in total. The van der Waals surface area contributed by atoms with Crippen molar-refractivity contribution in [3.8, 4) is 17.2 Å². The van der Waals surface area contributed by atoms with Crippen molar-refractivity contribution >= 4 is 17.3 Å². The SMILES string of the molecule is COc1ccc(C(=O)/C(CC2=CC(OC)C(OC)C(OC)C2)=C(\C(=O)[O-])c2c#cc3c(c2)OCO3)cc1.[Na+]. The van der Waals surface area contributed by atoms with Crippen LogP contribution >= 0.6 is 0 Å². The van der Waals surface area contributed by atoms with Crippen LogP contribution in [-0.4, -0.2) is 65.3 Å². The zero-order valence-corrected chi connectivity index (χ0v) is 24.0. The number of ketones is 1. The summed E-state index contributed by atoms with van der Waals surface area (Å²) in [5.41, 5.74) is 0.844. The van der Waals surface area contributed by atoms with Crippen molar-refractivity contribution in [3.63, 3.8) is 0 Å². The second kappa shape index (κ2) is 13.3. The Bertz CT molecular complexity index is 1220. The van der Waals surface area contributed by atoms with Gasteiger partial charge in [0.2, 0.25) is 12.5 Å². The van der Waals surface area contributed by atoms with E-state index >= 15 is 0 Å². The monoisotopic (exact) mass is 530 g/mol. The quantitative estimate of drug-likeness (QED) is 0.168. The molecular weight excluding hydrogens is 503 g/mol. The minimum absolute atomic E-state index is 0. The first kappa shape index (κ1) is 29.7. The number of hydrogen-bond donors (Lipinski definition) is 0. The molecule has 4 rings (SSSR count). The first-order valence-corrected chi connectivity index (χ1v) is 11.5. The number of hydrogen-bond acceptors (Lipinski definition) is 9. The first-order valence-electron chi connectivity index (χ1n) is 11.5. The van der Waals surface area contributed by atoms with Gasteiger partial charge in [0.1, 0.15) is 18.0 Å². The largest absolute Gasteiger partial charge is 1.00 e. The number of benzene rings is 1. The van der Waals surface area contributed by atoms with Gasteiger partial charge in [-0.1, -0.05) is 17.7 Å². The molecule has 2 aromatic carbocycles. The molecule has 0 fully saturated rings. The molecule has 194 valence electrons. The maximum Gasteiger partial charge on any atom is 1.00 e. The topological polar surface area (TPSA) is 113 Å². The van der Waals surface area contributed by atoms with Crippen LogP contribution in [0.5, 0.6) is 17.2 Å². The molecule has 1 aliphatic carbocycles. The number of carboxylic acids is 1. The molecule has 0 radical (unpaired) electrons. The summed E-state index contributed by atoms with van der Waals surface area (Å²) in [4.78, 5) is 26.3. The van der Waals surface area contributed by atoms with E-state index in [1.807, 2.05) is 6.08 Å². The maximum absolute atomic E-state index is 13.8. The van der Waals surface area contributed by atoms with Gasteiger partial charge in [-0.3, -0.25) is 4.79 Å². The molecular formula is C28H27NaO9. The van der Waals surface area contributed by atoms with E-state index in [1.165, 1.54) is 13.2 Å². The van der Waals surface area contributed by atoms with Crippen LogP contribution in [0.4, 0.5) is 0 Å². The standard InChI is InChI=1S/C28H28O9.Na/c1-32-19-8-5-17(6-9-19)26(29)20(11-16-12-23(33-2)27(35-4)24(13-16)34-3)25(28(30)31)18-7-10-21-22(14-18)37-15-36-21;/h5-6,8-9,12,14,23-24,27H,11,13,15H2,1-4H3,(H,30,31);/q;+1/p-1/b25-20-;. The van der Waals surface area contributed by atoms with Crippen molar-refractivity contribution in [3.05, 3.63) is 70.8 Å². The average Bonchev–Trinajstić information content (AvgIpc) is 3.39. The Labute approximate surface area is 243 Å². The van der Waals surface area contributed by atoms with E-state index < -0.39 is 17.9 Å². The number of methoxy groups -OCH3 is 4. The Hall–Kier alpha value is -2.84. The number of fused-ring (bicyclic) bond motifs is 1. The molecule has 38 heavy (non-hydrogen) atoms. The first-order chi connectivity index (χ1) is 17.9. The van der Waals surface area contributed by atoms with Crippen LogP contribution in [0, 0.1) is 12.1 Å². The van der Waals surface area contributed by atoms with Gasteiger partial charge < -0.3 is 38.3 Å². The number of Topliss-reactive ketones (excluding diaryl/α,β-unsaturated/α-hetero) is 1. The van der Waals surface area contributed by atoms with E-state index in [1.54, 1.807) is 45.6 Å². The molecule has 0 aromatic heterocycles. The molecule has 10 heteroatoms. The van der Waals surface area contributed by atoms with Gasteiger partial charge in [-0.25, -0.2) is 0 Å². The molecule has 1 heterocycles. The van der Waals surface area contributed by atoms with Crippen molar-refractivity contribution < 1.29 is 72.7 Å². The predicted molar refractivity (Wildman–Crippen MR) is 129 cm³/mol. The van der Waals surface area contributed by atoms with Crippen LogP contribution in [0.25, 0.3) is 5.57 Å². The summed E-state index contributed by atoms with van der Waals surface area (Å²) in [5.74, 6) is -0.824. The summed E-state index contributed by atoms with van der Waals surface area (Å²) in [6.07, 6.45) is 1.09. The van der Waals surface area contributed by atoms with Crippen LogP contribution in [0.3, 0.4) is 0 Å². The third-order valence-electron chi connectivity index (χ3n) is 6.43. The normalized spacial score (nSPS) is 20.4. The van der Waals surface area contributed by atoms with Gasteiger partial charge >= 0.3 is 29.6 Å². The van der Waals surface area contributed by atoms with E-state index in [0.717, 1.165) is 5.57 Å². The molecule has 0 amide bonds. The minimum Gasteiger partial charge on any atom is -0.545 e. The van der Waals surface area contributed by atoms with Gasteiger partial charge in [0, 0.05) is 49.7 Å². The van der Waals surface area contributed by atoms with Crippen molar-refractivity contribution in [2.24, 2.45) is 0 Å². The number of carboxylic acid groups (broad SMARTS) is 1. The summed E-state index contributed by atoms with van der Waals surface area (Å²) in [5, 5.41) is 12.5. The minimum atomic E-state index is -1.53. The van der Waals surface area contributed by atoms with E-state index in [0.29, 0.717) is 23.7 Å². The number of carbonyl (C=O) groups excluding carboxylic acids is 2. The summed E-state index contributed by atoms with van der Waals surface area (Å²) >= 11 is 0. The summed E-state index contributed by atoms with van der Waals surface area (Å²) < 4.78 is 32.6. The van der Waals surface area contributed by atoms with E-state index in [9.17, 15) is 14.7 Å². The maximum atomic E-state index is 13.8.